The Morgan fingerprint density at radius 1 is 1.35 bits per heavy atom. The molecule has 17 heavy (non-hydrogen) atoms. The largest absolute Gasteiger partial charge is 0.310 e. The van der Waals surface area contributed by atoms with Gasteiger partial charge >= 0.3 is 0 Å². The van der Waals surface area contributed by atoms with E-state index < -0.39 is 0 Å². The molecule has 1 N–H and O–H groups in total. The second kappa shape index (κ2) is 5.68. The Kier molecular flexibility index (Phi) is 4.22. The molecule has 0 bridgehead atoms. The molecular weight excluding hydrogens is 206 g/mol. The van der Waals surface area contributed by atoms with Crippen LogP contribution in [0.15, 0.2) is 24.3 Å². The van der Waals surface area contributed by atoms with Crippen molar-refractivity contribution in [3.63, 3.8) is 0 Å². The van der Waals surface area contributed by atoms with Crippen LogP contribution >= 0.6 is 0 Å². The van der Waals surface area contributed by atoms with Crippen LogP contribution in [0.25, 0.3) is 0 Å². The second-order valence-corrected chi connectivity index (χ2v) is 5.98. The van der Waals surface area contributed by atoms with Crippen LogP contribution in [-0.4, -0.2) is 6.54 Å². The van der Waals surface area contributed by atoms with Crippen molar-refractivity contribution in [2.45, 2.75) is 46.1 Å². The predicted molar refractivity (Wildman–Crippen MR) is 74.1 cm³/mol. The van der Waals surface area contributed by atoms with E-state index >= 15 is 0 Å². The lowest BCUT2D eigenvalue weighted by Crippen LogP contribution is -2.30. The van der Waals surface area contributed by atoms with Gasteiger partial charge in [0.25, 0.3) is 0 Å². The van der Waals surface area contributed by atoms with Crippen LogP contribution in [0.3, 0.4) is 0 Å². The van der Waals surface area contributed by atoms with Gasteiger partial charge in [-0.3, -0.25) is 0 Å². The summed E-state index contributed by atoms with van der Waals surface area (Å²) in [6, 6.07) is 9.73. The zero-order chi connectivity index (χ0) is 12.3. The summed E-state index contributed by atoms with van der Waals surface area (Å²) in [6.45, 7) is 8.10. The molecule has 0 aliphatic carbocycles. The van der Waals surface area contributed by atoms with Crippen molar-refractivity contribution in [3.05, 3.63) is 35.4 Å². The van der Waals surface area contributed by atoms with Gasteiger partial charge in [0, 0.05) is 6.04 Å². The highest BCUT2D eigenvalue weighted by Crippen LogP contribution is 2.27. The van der Waals surface area contributed by atoms with E-state index in [9.17, 15) is 0 Å². The van der Waals surface area contributed by atoms with E-state index in [0.717, 1.165) is 11.8 Å². The van der Waals surface area contributed by atoms with E-state index in [2.05, 4.69) is 50.4 Å². The fourth-order valence-corrected chi connectivity index (χ4v) is 2.77. The van der Waals surface area contributed by atoms with Gasteiger partial charge in [0.2, 0.25) is 0 Å². The first-order valence-corrected chi connectivity index (χ1v) is 6.97. The Bertz CT molecular complexity index is 356. The first-order chi connectivity index (χ1) is 8.15. The predicted octanol–water partition coefficient (Wildman–Crippen LogP) is 3.95. The average Bonchev–Trinajstić information content (AvgIpc) is 2.28. The number of benzene rings is 1. The highest BCUT2D eigenvalue weighted by Gasteiger charge is 2.19. The molecule has 0 aromatic heterocycles. The fraction of sp³-hybridized carbons (Fsp3) is 0.625. The van der Waals surface area contributed by atoms with Crippen LogP contribution < -0.4 is 5.32 Å². The van der Waals surface area contributed by atoms with E-state index in [-0.39, 0.29) is 0 Å². The van der Waals surface area contributed by atoms with E-state index in [1.54, 1.807) is 0 Å². The average molecular weight is 231 g/mol. The minimum Gasteiger partial charge on any atom is -0.310 e. The van der Waals surface area contributed by atoms with Gasteiger partial charge in [-0.05, 0) is 48.8 Å². The van der Waals surface area contributed by atoms with Crippen molar-refractivity contribution >= 4 is 0 Å². The topological polar surface area (TPSA) is 12.0 Å². The number of piperidine rings is 1. The van der Waals surface area contributed by atoms with Crippen molar-refractivity contribution in [1.82, 2.24) is 5.32 Å². The van der Waals surface area contributed by atoms with Crippen LogP contribution in [0, 0.1) is 11.8 Å². The molecule has 2 rings (SSSR count). The zero-order valence-corrected chi connectivity index (χ0v) is 11.4. The maximum Gasteiger partial charge on any atom is 0.0322 e. The first-order valence-electron chi connectivity index (χ1n) is 6.97. The van der Waals surface area contributed by atoms with Crippen LogP contribution in [-0.2, 0) is 6.42 Å². The van der Waals surface area contributed by atoms with E-state index in [1.165, 1.54) is 36.9 Å². The molecule has 2 unspecified atom stereocenters. The molecule has 1 saturated heterocycles. The molecule has 94 valence electrons. The van der Waals surface area contributed by atoms with Gasteiger partial charge in [-0.1, -0.05) is 45.0 Å². The maximum absolute atomic E-state index is 3.65. The minimum absolute atomic E-state index is 0.575. The zero-order valence-electron chi connectivity index (χ0n) is 11.4. The molecule has 1 fully saturated rings. The molecule has 1 aliphatic heterocycles. The Morgan fingerprint density at radius 3 is 2.88 bits per heavy atom. The summed E-state index contributed by atoms with van der Waals surface area (Å²) in [6.07, 6.45) is 3.80. The summed E-state index contributed by atoms with van der Waals surface area (Å²) in [5, 5.41) is 3.65. The first kappa shape index (κ1) is 12.6. The van der Waals surface area contributed by atoms with Gasteiger partial charge in [-0.25, -0.2) is 0 Å². The third-order valence-corrected chi connectivity index (χ3v) is 3.66. The van der Waals surface area contributed by atoms with Gasteiger partial charge in [0.05, 0.1) is 0 Å². The van der Waals surface area contributed by atoms with Crippen molar-refractivity contribution in [2.75, 3.05) is 6.54 Å². The van der Waals surface area contributed by atoms with Gasteiger partial charge in [-0.2, -0.15) is 0 Å². The Balaban J connectivity index is 2.09. The number of hydrogen-bond acceptors (Lipinski definition) is 1. The van der Waals surface area contributed by atoms with Crippen LogP contribution in [0.5, 0.6) is 0 Å². The molecule has 0 amide bonds. The van der Waals surface area contributed by atoms with Gasteiger partial charge in [0.1, 0.15) is 0 Å². The highest BCUT2D eigenvalue weighted by atomic mass is 14.9. The fourth-order valence-electron chi connectivity index (χ4n) is 2.77. The van der Waals surface area contributed by atoms with Crippen LogP contribution in [0.4, 0.5) is 0 Å². The van der Waals surface area contributed by atoms with Crippen LogP contribution in [0.1, 0.15) is 50.8 Å². The summed E-state index contributed by atoms with van der Waals surface area (Å²) < 4.78 is 0. The van der Waals surface area contributed by atoms with Crippen LogP contribution in [0.2, 0.25) is 0 Å². The lowest BCUT2D eigenvalue weighted by Gasteiger charge is -2.28. The second-order valence-electron chi connectivity index (χ2n) is 5.98. The lowest BCUT2D eigenvalue weighted by atomic mass is 9.89. The third kappa shape index (κ3) is 3.57. The Hall–Kier alpha value is -0.820. The van der Waals surface area contributed by atoms with Crippen molar-refractivity contribution in [2.24, 2.45) is 11.8 Å². The normalized spacial score (nSPS) is 25.2. The quantitative estimate of drug-likeness (QED) is 0.830. The van der Waals surface area contributed by atoms with Gasteiger partial charge in [0.15, 0.2) is 0 Å². The Morgan fingerprint density at radius 2 is 2.18 bits per heavy atom. The SMILES string of the molecule is CC(C)Cc1cccc(C2CC(C)CCN2)c1. The highest BCUT2D eigenvalue weighted by molar-refractivity contribution is 5.26. The third-order valence-electron chi connectivity index (χ3n) is 3.66. The summed E-state index contributed by atoms with van der Waals surface area (Å²) >= 11 is 0. The summed E-state index contributed by atoms with van der Waals surface area (Å²) in [7, 11) is 0. The number of rotatable bonds is 3. The van der Waals surface area contributed by atoms with Crippen molar-refractivity contribution in [1.29, 1.82) is 0 Å². The summed E-state index contributed by atoms with van der Waals surface area (Å²) in [4.78, 5) is 0. The molecule has 1 nitrogen and oxygen atoms in total. The molecule has 1 aromatic rings. The molecular formula is C16H25N. The van der Waals surface area contributed by atoms with Crippen molar-refractivity contribution in [3.8, 4) is 0 Å². The number of hydrogen-bond donors (Lipinski definition) is 1. The molecule has 2 atom stereocenters. The summed E-state index contributed by atoms with van der Waals surface area (Å²) in [5.74, 6) is 1.60. The molecule has 0 saturated carbocycles. The standard InChI is InChI=1S/C16H25N/c1-12(2)9-14-5-4-6-15(11-14)16-10-13(3)7-8-17-16/h4-6,11-13,16-17H,7-10H2,1-3H3. The smallest absolute Gasteiger partial charge is 0.0322 e. The van der Waals surface area contributed by atoms with Gasteiger partial charge < -0.3 is 5.32 Å². The minimum atomic E-state index is 0.575. The lowest BCUT2D eigenvalue weighted by molar-refractivity contribution is 0.325. The van der Waals surface area contributed by atoms with E-state index in [0.29, 0.717) is 6.04 Å². The van der Waals surface area contributed by atoms with E-state index in [4.69, 9.17) is 0 Å². The molecule has 1 aromatic carbocycles. The van der Waals surface area contributed by atoms with Gasteiger partial charge in [-0.15, -0.1) is 0 Å². The maximum atomic E-state index is 3.65. The molecule has 1 heterocycles. The Labute approximate surface area is 106 Å². The number of nitrogens with one attached hydrogen (secondary N) is 1. The van der Waals surface area contributed by atoms with E-state index in [1.807, 2.05) is 0 Å². The molecule has 0 radical (unpaired) electrons. The summed E-state index contributed by atoms with van der Waals surface area (Å²) in [5.41, 5.74) is 2.97. The molecule has 1 heteroatoms. The monoisotopic (exact) mass is 231 g/mol. The molecule has 0 spiro atoms. The van der Waals surface area contributed by atoms with Crippen molar-refractivity contribution < 1.29 is 0 Å². The molecule has 1 aliphatic rings.